The molecule has 140 valence electrons. The van der Waals surface area contributed by atoms with Gasteiger partial charge in [-0.05, 0) is 43.3 Å². The molecule has 0 aliphatic rings. The summed E-state index contributed by atoms with van der Waals surface area (Å²) in [6, 6.07) is 11.8. The number of thiocarbonyl (C=S) groups is 1. The van der Waals surface area contributed by atoms with Crippen molar-refractivity contribution in [3.05, 3.63) is 64.2 Å². The van der Waals surface area contributed by atoms with Crippen molar-refractivity contribution in [1.29, 1.82) is 0 Å². The van der Waals surface area contributed by atoms with Crippen LogP contribution in [-0.4, -0.2) is 28.0 Å². The Balaban J connectivity index is 1.65. The van der Waals surface area contributed by atoms with Crippen LogP contribution in [0.1, 0.15) is 26.4 Å². The molecular formula is C19H20N4O2S2. The van der Waals surface area contributed by atoms with E-state index in [0.717, 1.165) is 4.88 Å². The molecule has 0 bridgehead atoms. The molecule has 0 radical (unpaired) electrons. The minimum absolute atomic E-state index is 0.364. The SMILES string of the molecule is COC(=O)c1cc(C)sc1NC(=S)Nc1ccn(Cc2ccccc2C)n1. The first-order valence-electron chi connectivity index (χ1n) is 8.31. The Morgan fingerprint density at radius 3 is 2.78 bits per heavy atom. The van der Waals surface area contributed by atoms with Crippen molar-refractivity contribution in [3.8, 4) is 0 Å². The lowest BCUT2D eigenvalue weighted by atomic mass is 10.1. The third kappa shape index (κ3) is 4.72. The molecule has 27 heavy (non-hydrogen) atoms. The van der Waals surface area contributed by atoms with Crippen molar-refractivity contribution in [1.82, 2.24) is 9.78 Å². The quantitative estimate of drug-likeness (QED) is 0.494. The molecule has 0 aliphatic carbocycles. The Hall–Kier alpha value is -2.71. The van der Waals surface area contributed by atoms with Crippen molar-refractivity contribution < 1.29 is 9.53 Å². The predicted molar refractivity (Wildman–Crippen MR) is 113 cm³/mol. The van der Waals surface area contributed by atoms with Crippen LogP contribution in [0.5, 0.6) is 0 Å². The Kier molecular flexibility index (Phi) is 5.88. The fourth-order valence-electron chi connectivity index (χ4n) is 2.60. The topological polar surface area (TPSA) is 68.2 Å². The van der Waals surface area contributed by atoms with Crippen LogP contribution in [0.3, 0.4) is 0 Å². The number of nitrogens with one attached hydrogen (secondary N) is 2. The van der Waals surface area contributed by atoms with E-state index in [1.165, 1.54) is 29.6 Å². The zero-order valence-electron chi connectivity index (χ0n) is 15.3. The van der Waals surface area contributed by atoms with Crippen LogP contribution in [0, 0.1) is 13.8 Å². The average molecular weight is 401 g/mol. The standard InChI is InChI=1S/C19H20N4O2S2/c1-12-6-4-5-7-14(12)11-23-9-8-16(22-23)20-19(26)21-17-15(18(24)25-3)10-13(2)27-17/h4-10H,11H2,1-3H3,(H2,20,21,22,26). The van der Waals surface area contributed by atoms with Gasteiger partial charge >= 0.3 is 5.97 Å². The number of thiophene rings is 1. The van der Waals surface area contributed by atoms with E-state index < -0.39 is 5.97 Å². The van der Waals surface area contributed by atoms with Crippen LogP contribution in [-0.2, 0) is 11.3 Å². The smallest absolute Gasteiger partial charge is 0.340 e. The van der Waals surface area contributed by atoms with Crippen LogP contribution >= 0.6 is 23.6 Å². The molecular weight excluding hydrogens is 380 g/mol. The highest BCUT2D eigenvalue weighted by Gasteiger charge is 2.16. The van der Waals surface area contributed by atoms with Crippen molar-refractivity contribution in [3.63, 3.8) is 0 Å². The van der Waals surface area contributed by atoms with Gasteiger partial charge in [-0.25, -0.2) is 4.79 Å². The minimum Gasteiger partial charge on any atom is -0.465 e. The molecule has 2 aromatic heterocycles. The Labute approximate surface area is 167 Å². The number of aryl methyl sites for hydroxylation is 2. The van der Waals surface area contributed by atoms with Crippen LogP contribution in [0.4, 0.5) is 10.8 Å². The maximum Gasteiger partial charge on any atom is 0.340 e. The molecule has 0 saturated heterocycles. The van der Waals surface area contributed by atoms with Gasteiger partial charge in [-0.3, -0.25) is 4.68 Å². The number of ether oxygens (including phenoxy) is 1. The van der Waals surface area contributed by atoms with Crippen molar-refractivity contribution >= 4 is 45.5 Å². The number of hydrogen-bond acceptors (Lipinski definition) is 5. The number of carbonyl (C=O) groups excluding carboxylic acids is 1. The highest BCUT2D eigenvalue weighted by Crippen LogP contribution is 2.28. The van der Waals surface area contributed by atoms with Crippen LogP contribution in [0.25, 0.3) is 0 Å². The zero-order chi connectivity index (χ0) is 19.4. The molecule has 0 unspecified atom stereocenters. The molecule has 0 amide bonds. The van der Waals surface area contributed by atoms with E-state index in [0.29, 0.717) is 28.0 Å². The zero-order valence-corrected chi connectivity index (χ0v) is 16.9. The van der Waals surface area contributed by atoms with Gasteiger partial charge in [0.05, 0.1) is 19.2 Å². The van der Waals surface area contributed by atoms with Crippen molar-refractivity contribution in [2.45, 2.75) is 20.4 Å². The molecule has 8 heteroatoms. The number of rotatable bonds is 5. The molecule has 0 fully saturated rings. The lowest BCUT2D eigenvalue weighted by Gasteiger charge is -2.09. The number of carbonyl (C=O) groups is 1. The van der Waals surface area contributed by atoms with Crippen LogP contribution < -0.4 is 10.6 Å². The molecule has 2 heterocycles. The number of methoxy groups -OCH3 is 1. The first kappa shape index (κ1) is 19.1. The first-order chi connectivity index (χ1) is 13.0. The maximum atomic E-state index is 11.9. The summed E-state index contributed by atoms with van der Waals surface area (Å²) in [6.07, 6.45) is 1.90. The van der Waals surface area contributed by atoms with Crippen LogP contribution in [0.15, 0.2) is 42.6 Å². The lowest BCUT2D eigenvalue weighted by molar-refractivity contribution is 0.0602. The summed E-state index contributed by atoms with van der Waals surface area (Å²) in [7, 11) is 1.36. The summed E-state index contributed by atoms with van der Waals surface area (Å²) in [5.41, 5.74) is 2.90. The summed E-state index contributed by atoms with van der Waals surface area (Å²) >= 11 is 6.79. The second-order valence-electron chi connectivity index (χ2n) is 6.00. The number of anilines is 2. The monoisotopic (exact) mass is 400 g/mol. The molecule has 3 rings (SSSR count). The molecule has 6 nitrogen and oxygen atoms in total. The van der Waals surface area contributed by atoms with Gasteiger partial charge < -0.3 is 15.4 Å². The number of aromatic nitrogens is 2. The van der Waals surface area contributed by atoms with Gasteiger partial charge in [0.1, 0.15) is 5.00 Å². The normalized spacial score (nSPS) is 10.5. The molecule has 0 saturated carbocycles. The second-order valence-corrected chi connectivity index (χ2v) is 7.66. The Morgan fingerprint density at radius 2 is 2.04 bits per heavy atom. The Bertz CT molecular complexity index is 978. The fourth-order valence-corrected chi connectivity index (χ4v) is 3.77. The number of esters is 1. The summed E-state index contributed by atoms with van der Waals surface area (Å²) < 4.78 is 6.66. The van der Waals surface area contributed by atoms with E-state index in [4.69, 9.17) is 17.0 Å². The summed E-state index contributed by atoms with van der Waals surface area (Å²) in [5, 5.41) is 11.6. The number of benzene rings is 1. The number of nitrogens with zero attached hydrogens (tertiary/aromatic N) is 2. The molecule has 1 aromatic carbocycles. The molecule has 3 aromatic rings. The van der Waals surface area contributed by atoms with Gasteiger partial charge in [-0.1, -0.05) is 24.3 Å². The van der Waals surface area contributed by atoms with E-state index in [2.05, 4.69) is 34.8 Å². The van der Waals surface area contributed by atoms with Crippen molar-refractivity contribution in [2.75, 3.05) is 17.7 Å². The Morgan fingerprint density at radius 1 is 1.26 bits per heavy atom. The van der Waals surface area contributed by atoms with E-state index in [-0.39, 0.29) is 0 Å². The van der Waals surface area contributed by atoms with E-state index in [1.54, 1.807) is 6.07 Å². The largest absolute Gasteiger partial charge is 0.465 e. The third-order valence-corrected chi connectivity index (χ3v) is 5.13. The lowest BCUT2D eigenvalue weighted by Crippen LogP contribution is -2.20. The van der Waals surface area contributed by atoms with E-state index in [1.807, 2.05) is 36.0 Å². The van der Waals surface area contributed by atoms with E-state index in [9.17, 15) is 4.79 Å². The van der Waals surface area contributed by atoms with Gasteiger partial charge in [0.2, 0.25) is 0 Å². The highest BCUT2D eigenvalue weighted by molar-refractivity contribution is 7.80. The average Bonchev–Trinajstić information content (AvgIpc) is 3.22. The fraction of sp³-hybridized carbons (Fsp3) is 0.211. The second kappa shape index (κ2) is 8.32. The van der Waals surface area contributed by atoms with E-state index >= 15 is 0 Å². The summed E-state index contributed by atoms with van der Waals surface area (Å²) in [6.45, 7) is 4.69. The molecule has 0 aliphatic heterocycles. The van der Waals surface area contributed by atoms with Crippen molar-refractivity contribution in [2.24, 2.45) is 0 Å². The maximum absolute atomic E-state index is 11.9. The predicted octanol–water partition coefficient (Wildman–Crippen LogP) is 4.21. The van der Waals surface area contributed by atoms with Gasteiger partial charge in [-0.15, -0.1) is 11.3 Å². The first-order valence-corrected chi connectivity index (χ1v) is 9.53. The van der Waals surface area contributed by atoms with Crippen LogP contribution in [0.2, 0.25) is 0 Å². The molecule has 2 N–H and O–H groups in total. The summed E-state index contributed by atoms with van der Waals surface area (Å²) in [4.78, 5) is 12.8. The van der Waals surface area contributed by atoms with Gasteiger partial charge in [0.15, 0.2) is 10.9 Å². The van der Waals surface area contributed by atoms with Gasteiger partial charge in [-0.2, -0.15) is 5.10 Å². The highest BCUT2D eigenvalue weighted by atomic mass is 32.1. The summed E-state index contributed by atoms with van der Waals surface area (Å²) in [5.74, 6) is 0.237. The number of hydrogen-bond donors (Lipinski definition) is 2. The van der Waals surface area contributed by atoms with Gasteiger partial charge in [0, 0.05) is 17.1 Å². The minimum atomic E-state index is -0.396. The van der Waals surface area contributed by atoms with Gasteiger partial charge in [0.25, 0.3) is 0 Å². The third-order valence-electron chi connectivity index (χ3n) is 3.96. The molecule has 0 atom stereocenters. The molecule has 0 spiro atoms.